The number of non-ortho nitro benzene ring substituents is 1. The average molecular weight is 267 g/mol. The van der Waals surface area contributed by atoms with E-state index in [0.717, 1.165) is 19.4 Å². The Balaban J connectivity index is 2.17. The molecule has 0 unspecified atom stereocenters. The van der Waals surface area contributed by atoms with Crippen LogP contribution in [0, 0.1) is 10.1 Å². The van der Waals surface area contributed by atoms with Crippen LogP contribution >= 0.6 is 0 Å². The van der Waals surface area contributed by atoms with Crippen LogP contribution in [0.1, 0.15) is 33.6 Å². The first-order valence-corrected chi connectivity index (χ1v) is 6.60. The van der Waals surface area contributed by atoms with Crippen molar-refractivity contribution in [1.29, 1.82) is 0 Å². The molecule has 5 nitrogen and oxygen atoms in total. The number of ether oxygens (including phenoxy) is 1. The smallest absolute Gasteiger partial charge is 0.269 e. The van der Waals surface area contributed by atoms with E-state index in [2.05, 4.69) is 26.1 Å². The molecule has 0 radical (unpaired) electrons. The van der Waals surface area contributed by atoms with E-state index in [4.69, 9.17) is 4.74 Å². The first-order chi connectivity index (χ1) is 8.88. The lowest BCUT2D eigenvalue weighted by Gasteiger charge is -2.16. The monoisotopic (exact) mass is 267 g/mol. The molecule has 0 fully saturated rings. The zero-order valence-corrected chi connectivity index (χ0v) is 11.9. The van der Waals surface area contributed by atoms with Gasteiger partial charge >= 0.3 is 0 Å². The highest BCUT2D eigenvalue weighted by atomic mass is 16.6. The maximum atomic E-state index is 10.5. The van der Waals surface area contributed by atoms with Crippen molar-refractivity contribution in [3.05, 3.63) is 34.4 Å². The molecule has 1 aromatic carbocycles. The Labute approximate surface area is 114 Å². The average Bonchev–Trinajstić information content (AvgIpc) is 2.33. The van der Waals surface area contributed by atoms with E-state index in [1.807, 2.05) is 0 Å². The molecule has 0 saturated carbocycles. The van der Waals surface area contributed by atoms with Gasteiger partial charge in [0.2, 0.25) is 0 Å². The number of nitro benzene ring substituents is 1. The molecule has 0 heterocycles. The third-order valence-electron chi connectivity index (χ3n) is 2.67. The number of unbranched alkanes of at least 4 members (excludes halogenated alkanes) is 1. The molecular formula is C14H23N2O3+. The number of rotatable bonds is 7. The molecule has 0 amide bonds. The van der Waals surface area contributed by atoms with Gasteiger partial charge in [0.25, 0.3) is 5.69 Å². The molecule has 0 saturated heterocycles. The number of hydrogen-bond donors (Lipinski definition) is 1. The van der Waals surface area contributed by atoms with Crippen LogP contribution in [0.3, 0.4) is 0 Å². The number of nitrogens with zero attached hydrogens (tertiary/aromatic N) is 1. The van der Waals surface area contributed by atoms with Crippen molar-refractivity contribution >= 4 is 5.69 Å². The van der Waals surface area contributed by atoms with Crippen molar-refractivity contribution in [1.82, 2.24) is 0 Å². The van der Waals surface area contributed by atoms with Crippen LogP contribution in [-0.2, 0) is 0 Å². The number of hydrogen-bond acceptors (Lipinski definition) is 3. The molecule has 0 aliphatic heterocycles. The Kier molecular flexibility index (Phi) is 5.76. The predicted molar refractivity (Wildman–Crippen MR) is 74.4 cm³/mol. The molecular weight excluding hydrogens is 244 g/mol. The van der Waals surface area contributed by atoms with E-state index < -0.39 is 4.92 Å². The quantitative estimate of drug-likeness (QED) is 0.467. The summed E-state index contributed by atoms with van der Waals surface area (Å²) in [6.45, 7) is 8.32. The fourth-order valence-corrected chi connectivity index (χ4v) is 1.64. The van der Waals surface area contributed by atoms with Crippen LogP contribution < -0.4 is 10.1 Å². The molecule has 0 aromatic heterocycles. The largest absolute Gasteiger partial charge is 0.494 e. The van der Waals surface area contributed by atoms with E-state index >= 15 is 0 Å². The summed E-state index contributed by atoms with van der Waals surface area (Å²) in [6, 6.07) is 6.20. The molecule has 0 spiro atoms. The topological polar surface area (TPSA) is 69.0 Å². The Morgan fingerprint density at radius 3 is 2.37 bits per heavy atom. The van der Waals surface area contributed by atoms with E-state index in [1.54, 1.807) is 12.1 Å². The molecule has 0 atom stereocenters. The van der Waals surface area contributed by atoms with Gasteiger partial charge in [-0.1, -0.05) is 0 Å². The van der Waals surface area contributed by atoms with Crippen LogP contribution in [-0.4, -0.2) is 23.6 Å². The lowest BCUT2D eigenvalue weighted by Crippen LogP contribution is -2.94. The van der Waals surface area contributed by atoms with Crippen LogP contribution in [0.4, 0.5) is 5.69 Å². The summed E-state index contributed by atoms with van der Waals surface area (Å²) in [5.41, 5.74) is 0.367. The maximum Gasteiger partial charge on any atom is 0.269 e. The highest BCUT2D eigenvalue weighted by Crippen LogP contribution is 2.17. The van der Waals surface area contributed by atoms with Crippen molar-refractivity contribution in [2.45, 2.75) is 39.2 Å². The summed E-state index contributed by atoms with van der Waals surface area (Å²) in [5.74, 6) is 0.686. The van der Waals surface area contributed by atoms with Gasteiger partial charge in [-0.2, -0.15) is 0 Å². The second-order valence-electron chi connectivity index (χ2n) is 5.67. The SMILES string of the molecule is CC(C)(C)[NH2+]CCCCOc1ccc([N+](=O)[O-])cc1. The number of nitrogens with two attached hydrogens (primary N) is 1. The van der Waals surface area contributed by atoms with Gasteiger partial charge in [0.15, 0.2) is 0 Å². The minimum absolute atomic E-state index is 0.0899. The molecule has 1 rings (SSSR count). The lowest BCUT2D eigenvalue weighted by atomic mass is 10.1. The molecule has 0 aliphatic rings. The molecule has 19 heavy (non-hydrogen) atoms. The highest BCUT2D eigenvalue weighted by molar-refractivity contribution is 5.35. The van der Waals surface area contributed by atoms with Gasteiger partial charge < -0.3 is 10.1 Å². The Morgan fingerprint density at radius 2 is 1.84 bits per heavy atom. The van der Waals surface area contributed by atoms with Crippen LogP contribution in [0.25, 0.3) is 0 Å². The molecule has 106 valence electrons. The Hall–Kier alpha value is -1.62. The fourth-order valence-electron chi connectivity index (χ4n) is 1.64. The summed E-state index contributed by atoms with van der Waals surface area (Å²) >= 11 is 0. The van der Waals surface area contributed by atoms with Gasteiger partial charge in [-0.15, -0.1) is 0 Å². The summed E-state index contributed by atoms with van der Waals surface area (Å²) in [4.78, 5) is 10.1. The molecule has 1 aromatic rings. The summed E-state index contributed by atoms with van der Waals surface area (Å²) in [5, 5.41) is 12.8. The highest BCUT2D eigenvalue weighted by Gasteiger charge is 2.11. The van der Waals surface area contributed by atoms with Crippen molar-refractivity contribution in [3.63, 3.8) is 0 Å². The molecule has 2 N–H and O–H groups in total. The predicted octanol–water partition coefficient (Wildman–Crippen LogP) is 2.12. The first kappa shape index (κ1) is 15.4. The number of quaternary nitrogens is 1. The van der Waals surface area contributed by atoms with E-state index in [1.165, 1.54) is 12.1 Å². The van der Waals surface area contributed by atoms with Gasteiger partial charge in [-0.05, 0) is 45.7 Å². The zero-order valence-electron chi connectivity index (χ0n) is 11.9. The van der Waals surface area contributed by atoms with Crippen LogP contribution in [0.15, 0.2) is 24.3 Å². The normalized spacial score (nSPS) is 11.3. The minimum atomic E-state index is -0.411. The van der Waals surface area contributed by atoms with Gasteiger partial charge in [0, 0.05) is 12.1 Å². The van der Waals surface area contributed by atoms with Gasteiger partial charge in [-0.3, -0.25) is 10.1 Å². The van der Waals surface area contributed by atoms with Crippen LogP contribution in [0.2, 0.25) is 0 Å². The molecule has 0 bridgehead atoms. The zero-order chi connectivity index (χ0) is 14.3. The Bertz CT molecular complexity index is 396. The maximum absolute atomic E-state index is 10.5. The van der Waals surface area contributed by atoms with Crippen molar-refractivity contribution in [2.75, 3.05) is 13.2 Å². The van der Waals surface area contributed by atoms with Crippen LogP contribution in [0.5, 0.6) is 5.75 Å². The van der Waals surface area contributed by atoms with Gasteiger partial charge in [0.05, 0.1) is 23.6 Å². The summed E-state index contributed by atoms with van der Waals surface area (Å²) in [7, 11) is 0. The van der Waals surface area contributed by atoms with E-state index in [-0.39, 0.29) is 11.2 Å². The first-order valence-electron chi connectivity index (χ1n) is 6.60. The van der Waals surface area contributed by atoms with Crippen molar-refractivity contribution in [2.24, 2.45) is 0 Å². The Morgan fingerprint density at radius 1 is 1.21 bits per heavy atom. The second-order valence-corrected chi connectivity index (χ2v) is 5.67. The lowest BCUT2D eigenvalue weighted by molar-refractivity contribution is -0.717. The van der Waals surface area contributed by atoms with Gasteiger partial charge in [-0.25, -0.2) is 0 Å². The fraction of sp³-hybridized carbons (Fsp3) is 0.571. The minimum Gasteiger partial charge on any atom is -0.494 e. The molecule has 0 aliphatic carbocycles. The standard InChI is InChI=1S/C14H22N2O3/c1-14(2,3)15-10-4-5-11-19-13-8-6-12(7-9-13)16(17)18/h6-9,15H,4-5,10-11H2,1-3H3/p+1. The number of nitro groups is 1. The molecule has 5 heteroatoms. The third kappa shape index (κ3) is 6.76. The number of benzene rings is 1. The van der Waals surface area contributed by atoms with Gasteiger partial charge in [0.1, 0.15) is 5.75 Å². The van der Waals surface area contributed by atoms with Crippen molar-refractivity contribution in [3.8, 4) is 5.75 Å². The van der Waals surface area contributed by atoms with E-state index in [0.29, 0.717) is 12.4 Å². The third-order valence-corrected chi connectivity index (χ3v) is 2.67. The van der Waals surface area contributed by atoms with Crippen molar-refractivity contribution < 1.29 is 15.0 Å². The second kappa shape index (κ2) is 7.09. The summed E-state index contributed by atoms with van der Waals surface area (Å²) in [6.07, 6.45) is 2.09. The summed E-state index contributed by atoms with van der Waals surface area (Å²) < 4.78 is 5.54. The van der Waals surface area contributed by atoms with E-state index in [9.17, 15) is 10.1 Å².